The van der Waals surface area contributed by atoms with Gasteiger partial charge < -0.3 is 10.2 Å². The molecule has 1 aliphatic rings. The van der Waals surface area contributed by atoms with Crippen molar-refractivity contribution >= 4 is 45.9 Å². The summed E-state index contributed by atoms with van der Waals surface area (Å²) in [6.07, 6.45) is -0.577. The molecule has 0 aromatic carbocycles. The fourth-order valence-corrected chi connectivity index (χ4v) is 2.79. The molecule has 15 heavy (non-hydrogen) atoms. The summed E-state index contributed by atoms with van der Waals surface area (Å²) < 4.78 is 0.286. The first-order valence-corrected chi connectivity index (χ1v) is 5.47. The maximum absolute atomic E-state index is 11.3. The van der Waals surface area contributed by atoms with E-state index < -0.39 is 30.2 Å². The lowest BCUT2D eigenvalue weighted by molar-refractivity contribution is -0.150. The Bertz CT molecular complexity index is 322. The Morgan fingerprint density at radius 2 is 2.13 bits per heavy atom. The van der Waals surface area contributed by atoms with Gasteiger partial charge in [0.15, 0.2) is 5.78 Å². The summed E-state index contributed by atoms with van der Waals surface area (Å²) in [5, 5.41) is 17.4. The lowest BCUT2D eigenvalue weighted by atomic mass is 9.88. The van der Waals surface area contributed by atoms with Crippen molar-refractivity contribution in [3.63, 3.8) is 0 Å². The molecule has 1 heterocycles. The van der Waals surface area contributed by atoms with Crippen molar-refractivity contribution in [1.82, 2.24) is 0 Å². The van der Waals surface area contributed by atoms with Crippen molar-refractivity contribution < 1.29 is 24.6 Å². The van der Waals surface area contributed by atoms with Crippen molar-refractivity contribution in [2.45, 2.75) is 6.42 Å². The first-order chi connectivity index (χ1) is 6.93. The third kappa shape index (κ3) is 2.75. The van der Waals surface area contributed by atoms with E-state index in [1.807, 2.05) is 0 Å². The molecule has 0 spiro atoms. The van der Waals surface area contributed by atoms with Crippen LogP contribution in [-0.4, -0.2) is 37.9 Å². The van der Waals surface area contributed by atoms with E-state index in [-0.39, 0.29) is 15.7 Å². The third-order valence-corrected chi connectivity index (χ3v) is 3.65. The van der Waals surface area contributed by atoms with E-state index in [4.69, 9.17) is 22.4 Å². The maximum atomic E-state index is 11.3. The summed E-state index contributed by atoms with van der Waals surface area (Å²) >= 11 is 5.96. The van der Waals surface area contributed by atoms with Gasteiger partial charge in [0.25, 0.3) is 0 Å². The van der Waals surface area contributed by atoms with E-state index in [0.29, 0.717) is 0 Å². The van der Waals surface area contributed by atoms with Gasteiger partial charge in [-0.3, -0.25) is 14.4 Å². The van der Waals surface area contributed by atoms with Gasteiger partial charge in [-0.25, -0.2) is 0 Å². The van der Waals surface area contributed by atoms with Gasteiger partial charge in [0, 0.05) is 0 Å². The molecule has 1 aliphatic heterocycles. The number of Topliss-reactive ketones (excluding diaryl/α,β-unsaturated/α-hetero) is 1. The number of rotatable bonds is 4. The lowest BCUT2D eigenvalue weighted by Gasteiger charge is -2.15. The summed E-state index contributed by atoms with van der Waals surface area (Å²) in [6, 6.07) is 0. The van der Waals surface area contributed by atoms with E-state index >= 15 is 0 Å². The first-order valence-electron chi connectivity index (χ1n) is 4.07. The molecular formula is C8H8O5S2. The minimum atomic E-state index is -1.29. The highest BCUT2D eigenvalue weighted by Gasteiger charge is 2.41. The zero-order valence-corrected chi connectivity index (χ0v) is 9.14. The van der Waals surface area contributed by atoms with Crippen LogP contribution in [0.5, 0.6) is 0 Å². The van der Waals surface area contributed by atoms with Gasteiger partial charge in [0.1, 0.15) is 0 Å². The van der Waals surface area contributed by atoms with Crippen molar-refractivity contribution in [2.75, 3.05) is 5.75 Å². The molecule has 82 valence electrons. The molecule has 1 saturated heterocycles. The molecule has 0 amide bonds. The van der Waals surface area contributed by atoms with Crippen LogP contribution in [0.25, 0.3) is 0 Å². The van der Waals surface area contributed by atoms with Gasteiger partial charge >= 0.3 is 11.9 Å². The minimum Gasteiger partial charge on any atom is -0.481 e. The Morgan fingerprint density at radius 1 is 1.53 bits per heavy atom. The zero-order chi connectivity index (χ0) is 11.6. The van der Waals surface area contributed by atoms with Crippen molar-refractivity contribution in [3.8, 4) is 0 Å². The SMILES string of the molecule is O=C(O)CC(C(=O)O)C1C(=O)CSC1=S. The van der Waals surface area contributed by atoms with Gasteiger partial charge in [-0.15, -0.1) is 11.8 Å². The first kappa shape index (κ1) is 12.1. The molecule has 0 aromatic rings. The highest BCUT2D eigenvalue weighted by molar-refractivity contribution is 8.24. The number of carboxylic acid groups (broad SMARTS) is 2. The minimum absolute atomic E-state index is 0.146. The van der Waals surface area contributed by atoms with Crippen LogP contribution in [0.4, 0.5) is 0 Å². The van der Waals surface area contributed by atoms with Gasteiger partial charge in [0.2, 0.25) is 0 Å². The molecule has 0 radical (unpaired) electrons. The quantitative estimate of drug-likeness (QED) is 0.696. The number of hydrogen-bond donors (Lipinski definition) is 2. The second kappa shape index (κ2) is 4.71. The standard InChI is InChI=1S/C8H8O5S2/c9-4-2-15-8(14)6(4)3(7(12)13)1-5(10)11/h3,6H,1-2H2,(H,10,11)(H,12,13). The molecule has 2 unspecified atom stereocenters. The van der Waals surface area contributed by atoms with Crippen LogP contribution in [0, 0.1) is 11.8 Å². The lowest BCUT2D eigenvalue weighted by Crippen LogP contribution is -2.32. The number of hydrogen-bond acceptors (Lipinski definition) is 5. The second-order valence-electron chi connectivity index (χ2n) is 3.09. The van der Waals surface area contributed by atoms with Gasteiger partial charge in [-0.05, 0) is 0 Å². The van der Waals surface area contributed by atoms with E-state index in [9.17, 15) is 14.4 Å². The zero-order valence-electron chi connectivity index (χ0n) is 7.50. The molecule has 0 aromatic heterocycles. The monoisotopic (exact) mass is 248 g/mol. The maximum Gasteiger partial charge on any atom is 0.308 e. The van der Waals surface area contributed by atoms with Gasteiger partial charge in [0.05, 0.1) is 28.2 Å². The highest BCUT2D eigenvalue weighted by atomic mass is 32.2. The number of thiocarbonyl (C=S) groups is 1. The summed E-state index contributed by atoms with van der Waals surface area (Å²) in [6.45, 7) is 0. The smallest absolute Gasteiger partial charge is 0.308 e. The summed E-state index contributed by atoms with van der Waals surface area (Å²) in [4.78, 5) is 32.6. The van der Waals surface area contributed by atoms with Crippen LogP contribution in [0.2, 0.25) is 0 Å². The number of aliphatic carboxylic acids is 2. The van der Waals surface area contributed by atoms with Crippen molar-refractivity contribution in [1.29, 1.82) is 0 Å². The second-order valence-corrected chi connectivity index (χ2v) is 4.81. The average molecular weight is 248 g/mol. The number of thioether (sulfide) groups is 1. The predicted molar refractivity (Wildman–Crippen MR) is 56.9 cm³/mol. The molecule has 0 saturated carbocycles. The number of ketones is 1. The van der Waals surface area contributed by atoms with E-state index in [1.54, 1.807) is 0 Å². The van der Waals surface area contributed by atoms with E-state index in [0.717, 1.165) is 11.8 Å². The fourth-order valence-electron chi connectivity index (χ4n) is 1.38. The average Bonchev–Trinajstić information content (AvgIpc) is 2.42. The molecule has 2 atom stereocenters. The Hall–Kier alpha value is -0.950. The summed E-state index contributed by atoms with van der Waals surface area (Å²) in [7, 11) is 0. The Morgan fingerprint density at radius 3 is 2.47 bits per heavy atom. The molecule has 7 heteroatoms. The number of carbonyl (C=O) groups excluding carboxylic acids is 1. The summed E-state index contributed by atoms with van der Waals surface area (Å²) in [5.74, 6) is -4.85. The highest BCUT2D eigenvalue weighted by Crippen LogP contribution is 2.32. The van der Waals surface area contributed by atoms with Crippen LogP contribution >= 0.6 is 24.0 Å². The number of carboxylic acids is 2. The van der Waals surface area contributed by atoms with Gasteiger partial charge in [-0.1, -0.05) is 12.2 Å². The molecule has 2 N–H and O–H groups in total. The molecule has 1 fully saturated rings. The van der Waals surface area contributed by atoms with E-state index in [2.05, 4.69) is 0 Å². The number of carbonyl (C=O) groups is 3. The Kier molecular flexibility index (Phi) is 3.81. The molecule has 1 rings (SSSR count). The van der Waals surface area contributed by atoms with E-state index in [1.165, 1.54) is 0 Å². The van der Waals surface area contributed by atoms with Crippen molar-refractivity contribution in [2.24, 2.45) is 11.8 Å². The summed E-state index contributed by atoms with van der Waals surface area (Å²) in [5.41, 5.74) is 0. The topological polar surface area (TPSA) is 91.7 Å². The molecule has 0 bridgehead atoms. The Labute approximate surface area is 94.8 Å². The molecule has 0 aliphatic carbocycles. The van der Waals surface area contributed by atoms with Crippen LogP contribution in [0.15, 0.2) is 0 Å². The molecular weight excluding hydrogens is 240 g/mol. The van der Waals surface area contributed by atoms with Gasteiger partial charge in [-0.2, -0.15) is 0 Å². The Balaban J connectivity index is 2.88. The van der Waals surface area contributed by atoms with Crippen molar-refractivity contribution in [3.05, 3.63) is 0 Å². The predicted octanol–water partition coefficient (Wildman–Crippen LogP) is 0.421. The van der Waals surface area contributed by atoms with Crippen LogP contribution < -0.4 is 0 Å². The van der Waals surface area contributed by atoms with Crippen LogP contribution in [0.1, 0.15) is 6.42 Å². The third-order valence-electron chi connectivity index (χ3n) is 2.07. The molecule has 5 nitrogen and oxygen atoms in total. The largest absolute Gasteiger partial charge is 0.481 e. The van der Waals surface area contributed by atoms with Crippen LogP contribution in [0.3, 0.4) is 0 Å². The fraction of sp³-hybridized carbons (Fsp3) is 0.500. The normalized spacial score (nSPS) is 22.8. The van der Waals surface area contributed by atoms with Crippen LogP contribution in [-0.2, 0) is 14.4 Å².